The van der Waals surface area contributed by atoms with E-state index in [0.29, 0.717) is 12.4 Å². The summed E-state index contributed by atoms with van der Waals surface area (Å²) in [4.78, 5) is 5.93. The monoisotopic (exact) mass is 216 g/mol. The highest BCUT2D eigenvalue weighted by Crippen LogP contribution is 2.35. The number of hydrogen-bond donors (Lipinski definition) is 1. The lowest BCUT2D eigenvalue weighted by Gasteiger charge is -2.34. The predicted molar refractivity (Wildman–Crippen MR) is 57.9 cm³/mol. The van der Waals surface area contributed by atoms with Gasteiger partial charge in [-0.3, -0.25) is 0 Å². The van der Waals surface area contributed by atoms with Crippen LogP contribution in [0.4, 0.5) is 5.69 Å². The predicted octanol–water partition coefficient (Wildman–Crippen LogP) is 0.811. The standard InChI is InChI=1S/C11H12N4O/c12-8-15-5-3-11(7-15)6-14-9-2-1-4-13-10(9)16-11/h1-2,4,14H,3,5-7H2. The van der Waals surface area contributed by atoms with Gasteiger partial charge in [0.25, 0.3) is 0 Å². The molecular weight excluding hydrogens is 204 g/mol. The van der Waals surface area contributed by atoms with Crippen LogP contribution in [0.5, 0.6) is 5.88 Å². The Morgan fingerprint density at radius 3 is 3.38 bits per heavy atom. The van der Waals surface area contributed by atoms with E-state index in [2.05, 4.69) is 16.5 Å². The highest BCUT2D eigenvalue weighted by molar-refractivity contribution is 5.54. The van der Waals surface area contributed by atoms with Crippen LogP contribution in [0.3, 0.4) is 0 Å². The van der Waals surface area contributed by atoms with Crippen molar-refractivity contribution in [3.63, 3.8) is 0 Å². The average molecular weight is 216 g/mol. The molecule has 1 aromatic heterocycles. The second-order valence-corrected chi connectivity index (χ2v) is 4.27. The maximum Gasteiger partial charge on any atom is 0.238 e. The number of anilines is 1. The molecule has 5 heteroatoms. The van der Waals surface area contributed by atoms with Crippen LogP contribution in [0.15, 0.2) is 18.3 Å². The fourth-order valence-electron chi connectivity index (χ4n) is 2.26. The normalized spacial score (nSPS) is 26.8. The second-order valence-electron chi connectivity index (χ2n) is 4.27. The first-order chi connectivity index (χ1) is 7.81. The lowest BCUT2D eigenvalue weighted by molar-refractivity contribution is 0.0830. The molecule has 1 N–H and O–H groups in total. The van der Waals surface area contributed by atoms with E-state index in [1.54, 1.807) is 11.1 Å². The highest BCUT2D eigenvalue weighted by Gasteiger charge is 2.43. The van der Waals surface area contributed by atoms with Crippen molar-refractivity contribution in [1.29, 1.82) is 5.26 Å². The van der Waals surface area contributed by atoms with E-state index in [1.807, 2.05) is 12.1 Å². The largest absolute Gasteiger partial charge is 0.466 e. The van der Waals surface area contributed by atoms with E-state index >= 15 is 0 Å². The SMILES string of the molecule is N#CN1CCC2(CNc3cccnc3O2)C1. The van der Waals surface area contributed by atoms with E-state index in [-0.39, 0.29) is 5.60 Å². The fourth-order valence-corrected chi connectivity index (χ4v) is 2.26. The number of ether oxygens (including phenoxy) is 1. The van der Waals surface area contributed by atoms with E-state index in [0.717, 1.165) is 25.2 Å². The van der Waals surface area contributed by atoms with Crippen LogP contribution in [-0.4, -0.2) is 35.1 Å². The first kappa shape index (κ1) is 9.28. The van der Waals surface area contributed by atoms with E-state index in [1.165, 1.54) is 0 Å². The smallest absolute Gasteiger partial charge is 0.238 e. The number of hydrogen-bond acceptors (Lipinski definition) is 5. The summed E-state index contributed by atoms with van der Waals surface area (Å²) in [5.74, 6) is 0.647. The van der Waals surface area contributed by atoms with Crippen LogP contribution in [0.1, 0.15) is 6.42 Å². The number of fused-ring (bicyclic) bond motifs is 1. The number of nitrogens with one attached hydrogen (secondary N) is 1. The molecule has 0 saturated carbocycles. The first-order valence-electron chi connectivity index (χ1n) is 5.34. The zero-order valence-corrected chi connectivity index (χ0v) is 8.81. The quantitative estimate of drug-likeness (QED) is 0.650. The van der Waals surface area contributed by atoms with Crippen LogP contribution in [0.2, 0.25) is 0 Å². The van der Waals surface area contributed by atoms with Crippen LogP contribution in [-0.2, 0) is 0 Å². The summed E-state index contributed by atoms with van der Waals surface area (Å²) in [6, 6.07) is 3.83. The van der Waals surface area contributed by atoms with Gasteiger partial charge >= 0.3 is 0 Å². The second kappa shape index (κ2) is 3.27. The Morgan fingerprint density at radius 2 is 2.56 bits per heavy atom. The van der Waals surface area contributed by atoms with Gasteiger partial charge in [0.2, 0.25) is 5.88 Å². The van der Waals surface area contributed by atoms with Crippen molar-refractivity contribution in [1.82, 2.24) is 9.88 Å². The molecular formula is C11H12N4O. The molecule has 0 radical (unpaired) electrons. The number of rotatable bonds is 0. The molecule has 1 aromatic rings. The van der Waals surface area contributed by atoms with Crippen LogP contribution < -0.4 is 10.1 Å². The lowest BCUT2D eigenvalue weighted by Crippen LogP contribution is -2.47. The first-order valence-corrected chi connectivity index (χ1v) is 5.34. The van der Waals surface area contributed by atoms with Crippen molar-refractivity contribution in [2.75, 3.05) is 25.0 Å². The molecule has 3 heterocycles. The molecule has 1 unspecified atom stereocenters. The Labute approximate surface area is 93.6 Å². The fraction of sp³-hybridized carbons (Fsp3) is 0.455. The molecule has 1 spiro atoms. The van der Waals surface area contributed by atoms with Crippen LogP contribution >= 0.6 is 0 Å². The molecule has 2 aliphatic rings. The molecule has 0 aromatic carbocycles. The Hall–Kier alpha value is -1.96. The maximum atomic E-state index is 8.86. The van der Waals surface area contributed by atoms with Crippen molar-refractivity contribution in [2.24, 2.45) is 0 Å². The number of aromatic nitrogens is 1. The van der Waals surface area contributed by atoms with Gasteiger partial charge in [-0.05, 0) is 12.1 Å². The molecule has 1 atom stereocenters. The van der Waals surface area contributed by atoms with Gasteiger partial charge in [0.05, 0.1) is 18.8 Å². The van der Waals surface area contributed by atoms with Gasteiger partial charge in [0, 0.05) is 19.2 Å². The molecule has 0 bridgehead atoms. The average Bonchev–Trinajstić information content (AvgIpc) is 2.72. The molecule has 5 nitrogen and oxygen atoms in total. The highest BCUT2D eigenvalue weighted by atomic mass is 16.5. The van der Waals surface area contributed by atoms with E-state index < -0.39 is 0 Å². The summed E-state index contributed by atoms with van der Waals surface area (Å²) in [6.45, 7) is 2.15. The molecule has 82 valence electrons. The lowest BCUT2D eigenvalue weighted by atomic mass is 10.0. The summed E-state index contributed by atoms with van der Waals surface area (Å²) in [6.07, 6.45) is 4.75. The zero-order valence-electron chi connectivity index (χ0n) is 8.81. The van der Waals surface area contributed by atoms with E-state index in [9.17, 15) is 0 Å². The van der Waals surface area contributed by atoms with Gasteiger partial charge < -0.3 is 15.0 Å². The number of pyridine rings is 1. The Balaban J connectivity index is 1.86. The third-order valence-corrected chi connectivity index (χ3v) is 3.14. The van der Waals surface area contributed by atoms with Crippen LogP contribution in [0.25, 0.3) is 0 Å². The minimum atomic E-state index is -0.281. The minimum absolute atomic E-state index is 0.281. The topological polar surface area (TPSA) is 61.2 Å². The Morgan fingerprint density at radius 1 is 1.62 bits per heavy atom. The zero-order chi connectivity index (χ0) is 11.0. The van der Waals surface area contributed by atoms with Crippen molar-refractivity contribution in [2.45, 2.75) is 12.0 Å². The van der Waals surface area contributed by atoms with Gasteiger partial charge in [-0.15, -0.1) is 0 Å². The van der Waals surface area contributed by atoms with E-state index in [4.69, 9.17) is 10.00 Å². The number of likely N-dealkylation sites (tertiary alicyclic amines) is 1. The van der Waals surface area contributed by atoms with Crippen molar-refractivity contribution in [3.8, 4) is 12.1 Å². The van der Waals surface area contributed by atoms with Crippen LogP contribution in [0, 0.1) is 11.5 Å². The minimum Gasteiger partial charge on any atom is -0.466 e. The third kappa shape index (κ3) is 1.34. The van der Waals surface area contributed by atoms with Gasteiger partial charge in [-0.1, -0.05) is 0 Å². The Kier molecular flexibility index (Phi) is 1.90. The van der Waals surface area contributed by atoms with Crippen molar-refractivity contribution < 1.29 is 4.74 Å². The summed E-state index contributed by atoms with van der Waals surface area (Å²) in [5, 5.41) is 12.2. The van der Waals surface area contributed by atoms with Gasteiger partial charge in [0.1, 0.15) is 5.60 Å². The maximum absolute atomic E-state index is 8.86. The number of nitrogens with zero attached hydrogens (tertiary/aromatic N) is 3. The Bertz CT molecular complexity index is 456. The molecule has 16 heavy (non-hydrogen) atoms. The molecule has 1 saturated heterocycles. The summed E-state index contributed by atoms with van der Waals surface area (Å²) >= 11 is 0. The van der Waals surface area contributed by atoms with Gasteiger partial charge in [0.15, 0.2) is 6.19 Å². The molecule has 0 aliphatic carbocycles. The van der Waals surface area contributed by atoms with Crippen molar-refractivity contribution in [3.05, 3.63) is 18.3 Å². The number of nitriles is 1. The van der Waals surface area contributed by atoms with Gasteiger partial charge in [-0.25, -0.2) is 4.98 Å². The molecule has 1 fully saturated rings. The summed E-state index contributed by atoms with van der Waals surface area (Å²) in [5.41, 5.74) is 0.653. The van der Waals surface area contributed by atoms with Gasteiger partial charge in [-0.2, -0.15) is 5.26 Å². The molecule has 0 amide bonds. The molecule has 2 aliphatic heterocycles. The molecule has 3 rings (SSSR count). The third-order valence-electron chi connectivity index (χ3n) is 3.14. The summed E-state index contributed by atoms with van der Waals surface area (Å²) < 4.78 is 5.95. The van der Waals surface area contributed by atoms with Crippen molar-refractivity contribution >= 4 is 5.69 Å². The summed E-state index contributed by atoms with van der Waals surface area (Å²) in [7, 11) is 0.